The minimum atomic E-state index is 0.206. The van der Waals surface area contributed by atoms with Gasteiger partial charge in [0.2, 0.25) is 5.88 Å². The van der Waals surface area contributed by atoms with E-state index in [1.54, 1.807) is 30.0 Å². The minimum absolute atomic E-state index is 0.206. The Morgan fingerprint density at radius 2 is 1.96 bits per heavy atom. The monoisotopic (exact) mass is 328 g/mol. The molecule has 3 aromatic rings. The van der Waals surface area contributed by atoms with Gasteiger partial charge in [-0.2, -0.15) is 0 Å². The topological polar surface area (TPSA) is 53.4 Å². The van der Waals surface area contributed by atoms with Crippen molar-refractivity contribution in [2.75, 3.05) is 7.11 Å². The van der Waals surface area contributed by atoms with E-state index in [0.717, 1.165) is 22.7 Å². The Morgan fingerprint density at radius 1 is 1.13 bits per heavy atom. The lowest BCUT2D eigenvalue weighted by Gasteiger charge is -2.08. The Kier molecular flexibility index (Phi) is 4.30. The summed E-state index contributed by atoms with van der Waals surface area (Å²) in [5.74, 6) is 0.928. The van der Waals surface area contributed by atoms with Crippen LogP contribution in [-0.2, 0) is 4.79 Å². The molecule has 0 atom stereocenters. The Balaban J connectivity index is 2.16. The molecule has 6 heteroatoms. The molecule has 0 aliphatic carbocycles. The summed E-state index contributed by atoms with van der Waals surface area (Å²) in [7, 11) is 1.61. The fourth-order valence-electron chi connectivity index (χ4n) is 2.26. The lowest BCUT2D eigenvalue weighted by Crippen LogP contribution is -1.99. The maximum atomic E-state index is 10.6. The molecule has 0 amide bonds. The van der Waals surface area contributed by atoms with E-state index in [-0.39, 0.29) is 5.88 Å². The molecule has 23 heavy (non-hydrogen) atoms. The smallest absolute Gasteiger partial charge is 0.299 e. The molecule has 116 valence electrons. The van der Waals surface area contributed by atoms with Crippen LogP contribution in [0.2, 0.25) is 5.02 Å². The Labute approximate surface area is 138 Å². The lowest BCUT2D eigenvalue weighted by atomic mass is 10.1. The molecule has 5 nitrogen and oxygen atoms in total. The van der Waals surface area contributed by atoms with Crippen molar-refractivity contribution in [2.45, 2.75) is 0 Å². The van der Waals surface area contributed by atoms with Crippen molar-refractivity contribution in [1.82, 2.24) is 9.78 Å². The van der Waals surface area contributed by atoms with Crippen LogP contribution in [0, 0.1) is 0 Å². The van der Waals surface area contributed by atoms with Gasteiger partial charge in [0.05, 0.1) is 18.5 Å². The lowest BCUT2D eigenvalue weighted by molar-refractivity contribution is -0.120. The van der Waals surface area contributed by atoms with E-state index in [0.29, 0.717) is 11.5 Å². The van der Waals surface area contributed by atoms with E-state index in [1.165, 1.54) is 0 Å². The largest absolute Gasteiger partial charge is 0.497 e. The highest BCUT2D eigenvalue weighted by atomic mass is 35.5. The molecule has 0 radical (unpaired) electrons. The summed E-state index contributed by atoms with van der Waals surface area (Å²) < 4.78 is 11.8. The average Bonchev–Trinajstić information content (AvgIpc) is 2.99. The van der Waals surface area contributed by atoms with Crippen LogP contribution in [0.15, 0.2) is 54.6 Å². The molecule has 0 unspecified atom stereocenters. The molecule has 0 spiro atoms. The molecule has 1 heterocycles. The summed E-state index contributed by atoms with van der Waals surface area (Å²) >= 11 is 6.06. The van der Waals surface area contributed by atoms with Crippen molar-refractivity contribution in [3.63, 3.8) is 0 Å². The number of methoxy groups -OCH3 is 1. The van der Waals surface area contributed by atoms with Gasteiger partial charge in [-0.1, -0.05) is 29.8 Å². The van der Waals surface area contributed by atoms with Gasteiger partial charge in [-0.05, 0) is 30.3 Å². The van der Waals surface area contributed by atoms with E-state index < -0.39 is 0 Å². The van der Waals surface area contributed by atoms with Crippen LogP contribution in [0.25, 0.3) is 16.9 Å². The number of halogens is 1. The first kappa shape index (κ1) is 15.1. The first-order valence-corrected chi connectivity index (χ1v) is 7.20. The molecule has 0 saturated carbocycles. The molecule has 0 N–H and O–H groups in total. The molecule has 0 fully saturated rings. The number of ether oxygens (including phenoxy) is 2. The predicted octanol–water partition coefficient (Wildman–Crippen LogP) is 3.74. The highest BCUT2D eigenvalue weighted by molar-refractivity contribution is 6.30. The highest BCUT2D eigenvalue weighted by Crippen LogP contribution is 2.29. The molecule has 0 aliphatic rings. The average molecular weight is 329 g/mol. The number of aromatic nitrogens is 2. The normalized spacial score (nSPS) is 10.3. The van der Waals surface area contributed by atoms with Gasteiger partial charge in [-0.3, -0.25) is 4.79 Å². The van der Waals surface area contributed by atoms with Crippen molar-refractivity contribution in [3.8, 4) is 28.6 Å². The number of benzene rings is 2. The summed E-state index contributed by atoms with van der Waals surface area (Å²) in [4.78, 5) is 10.6. The van der Waals surface area contributed by atoms with Crippen LogP contribution in [0.4, 0.5) is 0 Å². The first-order valence-electron chi connectivity index (χ1n) is 6.82. The first-order chi connectivity index (χ1) is 11.2. The van der Waals surface area contributed by atoms with Gasteiger partial charge in [0.1, 0.15) is 5.75 Å². The van der Waals surface area contributed by atoms with Crippen LogP contribution >= 0.6 is 11.6 Å². The summed E-state index contributed by atoms with van der Waals surface area (Å²) in [6.07, 6.45) is 0. The number of hydrogen-bond acceptors (Lipinski definition) is 4. The van der Waals surface area contributed by atoms with Crippen molar-refractivity contribution in [3.05, 3.63) is 59.6 Å². The van der Waals surface area contributed by atoms with Gasteiger partial charge in [-0.15, -0.1) is 5.10 Å². The third-order valence-corrected chi connectivity index (χ3v) is 3.51. The van der Waals surface area contributed by atoms with E-state index in [4.69, 9.17) is 21.1 Å². The van der Waals surface area contributed by atoms with Crippen LogP contribution in [0.5, 0.6) is 11.6 Å². The quantitative estimate of drug-likeness (QED) is 0.670. The summed E-state index contributed by atoms with van der Waals surface area (Å²) in [6, 6.07) is 16.5. The zero-order valence-electron chi connectivity index (χ0n) is 12.3. The number of carbonyl (C=O) groups is 1. The van der Waals surface area contributed by atoms with Crippen LogP contribution in [-0.4, -0.2) is 23.4 Å². The Hall–Kier alpha value is -2.79. The van der Waals surface area contributed by atoms with Gasteiger partial charge in [0.15, 0.2) is 0 Å². The zero-order chi connectivity index (χ0) is 16.2. The van der Waals surface area contributed by atoms with E-state index in [2.05, 4.69) is 5.10 Å². The number of nitrogens with zero attached hydrogens (tertiary/aromatic N) is 2. The summed E-state index contributed by atoms with van der Waals surface area (Å²) in [5.41, 5.74) is 2.39. The molecule has 2 aromatic carbocycles. The molecular formula is C17H13ClN2O3. The molecule has 3 rings (SSSR count). The van der Waals surface area contributed by atoms with E-state index in [9.17, 15) is 4.79 Å². The second kappa shape index (κ2) is 6.54. The standard InChI is InChI=1S/C17H13ClN2O3/c1-22-15-7-2-4-12(8-15)16-10-17(23-11-21)19-20(16)14-6-3-5-13(18)9-14/h2-11H,1H3. The van der Waals surface area contributed by atoms with Gasteiger partial charge < -0.3 is 9.47 Å². The third kappa shape index (κ3) is 3.19. The van der Waals surface area contributed by atoms with E-state index >= 15 is 0 Å². The van der Waals surface area contributed by atoms with Crippen LogP contribution in [0.3, 0.4) is 0 Å². The Morgan fingerprint density at radius 3 is 2.70 bits per heavy atom. The highest BCUT2D eigenvalue weighted by Gasteiger charge is 2.13. The SMILES string of the molecule is COc1cccc(-c2cc(OC=O)nn2-c2cccc(Cl)c2)c1. The van der Waals surface area contributed by atoms with Gasteiger partial charge in [0.25, 0.3) is 6.47 Å². The van der Waals surface area contributed by atoms with Crippen molar-refractivity contribution >= 4 is 18.1 Å². The number of hydrogen-bond donors (Lipinski definition) is 0. The maximum absolute atomic E-state index is 10.6. The van der Waals surface area contributed by atoms with Crippen molar-refractivity contribution in [1.29, 1.82) is 0 Å². The van der Waals surface area contributed by atoms with Crippen LogP contribution in [0.1, 0.15) is 0 Å². The third-order valence-electron chi connectivity index (χ3n) is 3.27. The Bertz CT molecular complexity index is 845. The van der Waals surface area contributed by atoms with Crippen LogP contribution < -0.4 is 9.47 Å². The van der Waals surface area contributed by atoms with Gasteiger partial charge in [0, 0.05) is 16.7 Å². The van der Waals surface area contributed by atoms with Crippen molar-refractivity contribution < 1.29 is 14.3 Å². The molecule has 1 aromatic heterocycles. The van der Waals surface area contributed by atoms with Gasteiger partial charge >= 0.3 is 0 Å². The van der Waals surface area contributed by atoms with Gasteiger partial charge in [-0.25, -0.2) is 4.68 Å². The number of carbonyl (C=O) groups excluding carboxylic acids is 1. The van der Waals surface area contributed by atoms with E-state index in [1.807, 2.05) is 36.4 Å². The molecular weight excluding hydrogens is 316 g/mol. The predicted molar refractivity (Wildman–Crippen MR) is 87.3 cm³/mol. The second-order valence-electron chi connectivity index (χ2n) is 4.71. The molecule has 0 bridgehead atoms. The second-order valence-corrected chi connectivity index (χ2v) is 5.14. The number of rotatable bonds is 5. The summed E-state index contributed by atoms with van der Waals surface area (Å²) in [5, 5.41) is 4.90. The fraction of sp³-hybridized carbons (Fsp3) is 0.0588. The summed E-state index contributed by atoms with van der Waals surface area (Å²) in [6.45, 7) is 0.347. The molecule has 0 saturated heterocycles. The fourth-order valence-corrected chi connectivity index (χ4v) is 2.44. The molecule has 0 aliphatic heterocycles. The van der Waals surface area contributed by atoms with Crippen molar-refractivity contribution in [2.24, 2.45) is 0 Å². The minimum Gasteiger partial charge on any atom is -0.497 e. The maximum Gasteiger partial charge on any atom is 0.299 e. The zero-order valence-corrected chi connectivity index (χ0v) is 13.0.